The van der Waals surface area contributed by atoms with E-state index in [1.54, 1.807) is 29.2 Å². The van der Waals surface area contributed by atoms with E-state index in [1.807, 2.05) is 6.07 Å². The molecule has 3 N–H and O–H groups in total. The number of sulfonamides is 1. The molecule has 1 fully saturated rings. The van der Waals surface area contributed by atoms with Gasteiger partial charge in [-0.1, -0.05) is 29.8 Å². The Morgan fingerprint density at radius 2 is 1.60 bits per heavy atom. The molecule has 0 atom stereocenters. The van der Waals surface area contributed by atoms with E-state index in [9.17, 15) is 31.9 Å². The first-order chi connectivity index (χ1) is 21.3. The van der Waals surface area contributed by atoms with Crippen LogP contribution in [0.1, 0.15) is 40.9 Å². The Hall–Kier alpha value is -3.78. The molecule has 0 spiro atoms. The van der Waals surface area contributed by atoms with Crippen molar-refractivity contribution in [2.24, 2.45) is 5.14 Å². The molecule has 0 aliphatic heterocycles. The Morgan fingerprint density at radius 1 is 1.00 bits per heavy atom. The van der Waals surface area contributed by atoms with Gasteiger partial charge in [-0.25, -0.2) is 27.1 Å². The number of rotatable bonds is 8. The van der Waals surface area contributed by atoms with Gasteiger partial charge in [0.25, 0.3) is 5.91 Å². The minimum Gasteiger partial charge on any atom is -0.496 e. The van der Waals surface area contributed by atoms with Crippen molar-refractivity contribution in [3.8, 4) is 16.9 Å². The van der Waals surface area contributed by atoms with E-state index < -0.39 is 33.7 Å². The van der Waals surface area contributed by atoms with Crippen molar-refractivity contribution in [3.05, 3.63) is 81.7 Å². The van der Waals surface area contributed by atoms with Gasteiger partial charge in [-0.15, -0.1) is 11.3 Å². The summed E-state index contributed by atoms with van der Waals surface area (Å²) in [7, 11) is -0.865. The number of carboxylic acid groups (broad SMARTS) is 1. The van der Waals surface area contributed by atoms with Crippen LogP contribution < -0.4 is 9.88 Å². The number of ether oxygens (including phenoxy) is 1. The third-order valence-corrected chi connectivity index (χ3v) is 10.8. The number of nitrogens with zero attached hydrogens (tertiary/aromatic N) is 2. The standard InChI is InChI=1S/C31H30ClF2N3O6S2/c1-36(31(39)40)20-6-8-21(9-7-20)37(30(38)29-27(32)26-23(33)12-13-24(34)28(26)44-29)16-19-15-18(5-14-25(19)43-2)17-3-10-22(11-4-17)45(35,41)42/h3-5,10-15,20-21H,6-9,16H2,1-2H3,(H,39,40)(H2,35,41,42). The molecule has 0 radical (unpaired) electrons. The van der Waals surface area contributed by atoms with Crippen LogP contribution in [0.25, 0.3) is 21.2 Å². The number of fused-ring (bicyclic) bond motifs is 1. The number of halogens is 3. The van der Waals surface area contributed by atoms with E-state index in [2.05, 4.69) is 0 Å². The number of hydrogen-bond donors (Lipinski definition) is 2. The maximum atomic E-state index is 14.7. The van der Waals surface area contributed by atoms with Crippen molar-refractivity contribution >= 4 is 55.0 Å². The summed E-state index contributed by atoms with van der Waals surface area (Å²) in [5.41, 5.74) is 2.04. The van der Waals surface area contributed by atoms with Crippen molar-refractivity contribution in [1.82, 2.24) is 9.80 Å². The molecule has 1 aromatic heterocycles. The predicted octanol–water partition coefficient (Wildman–Crippen LogP) is 6.72. The van der Waals surface area contributed by atoms with E-state index in [0.717, 1.165) is 29.0 Å². The summed E-state index contributed by atoms with van der Waals surface area (Å²) in [4.78, 5) is 28.7. The average molecular weight is 678 g/mol. The summed E-state index contributed by atoms with van der Waals surface area (Å²) < 4.78 is 58.4. The molecule has 45 heavy (non-hydrogen) atoms. The molecule has 0 unspecified atom stereocenters. The van der Waals surface area contributed by atoms with Crippen molar-refractivity contribution in [2.45, 2.75) is 49.2 Å². The topological polar surface area (TPSA) is 130 Å². The Labute approximate surface area is 267 Å². The van der Waals surface area contributed by atoms with Gasteiger partial charge in [0.15, 0.2) is 0 Å². The fourth-order valence-corrected chi connectivity index (χ4v) is 7.77. The molecule has 3 aromatic carbocycles. The van der Waals surface area contributed by atoms with Crippen molar-refractivity contribution in [2.75, 3.05) is 14.2 Å². The molecule has 0 bridgehead atoms. The Morgan fingerprint density at radius 3 is 2.18 bits per heavy atom. The van der Waals surface area contributed by atoms with Gasteiger partial charge in [0, 0.05) is 31.2 Å². The van der Waals surface area contributed by atoms with Crippen LogP contribution >= 0.6 is 22.9 Å². The summed E-state index contributed by atoms with van der Waals surface area (Å²) >= 11 is 7.31. The number of primary sulfonamides is 1. The third kappa shape index (κ3) is 6.62. The summed E-state index contributed by atoms with van der Waals surface area (Å²) in [6.45, 7) is 0.0464. The smallest absolute Gasteiger partial charge is 0.407 e. The zero-order valence-corrected chi connectivity index (χ0v) is 26.7. The van der Waals surface area contributed by atoms with E-state index in [1.165, 1.54) is 31.2 Å². The van der Waals surface area contributed by atoms with Gasteiger partial charge in [-0.2, -0.15) is 0 Å². The van der Waals surface area contributed by atoms with Crippen LogP contribution in [0.2, 0.25) is 5.02 Å². The number of methoxy groups -OCH3 is 1. The number of carbonyl (C=O) groups is 2. The highest BCUT2D eigenvalue weighted by molar-refractivity contribution is 7.89. The second-order valence-corrected chi connectivity index (χ2v) is 13.8. The normalized spacial score (nSPS) is 16.8. The lowest BCUT2D eigenvalue weighted by molar-refractivity contribution is 0.0555. The van der Waals surface area contributed by atoms with Crippen LogP contribution in [-0.2, 0) is 16.6 Å². The minimum atomic E-state index is -3.87. The summed E-state index contributed by atoms with van der Waals surface area (Å²) in [6.07, 6.45) is 0.945. The first-order valence-corrected chi connectivity index (χ1v) is 16.7. The third-order valence-electron chi connectivity index (χ3n) is 8.23. The second-order valence-electron chi connectivity index (χ2n) is 10.9. The average Bonchev–Trinajstić information content (AvgIpc) is 3.38. The number of nitrogens with two attached hydrogens (primary N) is 1. The Kier molecular flexibility index (Phi) is 9.36. The van der Waals surface area contributed by atoms with Gasteiger partial charge in [0.1, 0.15) is 22.3 Å². The Balaban J connectivity index is 1.54. The van der Waals surface area contributed by atoms with Gasteiger partial charge in [-0.05, 0) is 73.2 Å². The number of hydrogen-bond acceptors (Lipinski definition) is 6. The highest BCUT2D eigenvalue weighted by atomic mass is 35.5. The summed E-state index contributed by atoms with van der Waals surface area (Å²) in [6, 6.07) is 12.8. The molecule has 5 rings (SSSR count). The van der Waals surface area contributed by atoms with E-state index >= 15 is 0 Å². The summed E-state index contributed by atoms with van der Waals surface area (Å²) in [5, 5.41) is 14.4. The lowest BCUT2D eigenvalue weighted by Crippen LogP contribution is -2.46. The zero-order valence-electron chi connectivity index (χ0n) is 24.3. The van der Waals surface area contributed by atoms with Crippen LogP contribution in [0, 0.1) is 11.6 Å². The molecule has 238 valence electrons. The molecular weight excluding hydrogens is 648 g/mol. The lowest BCUT2D eigenvalue weighted by Gasteiger charge is -2.39. The minimum absolute atomic E-state index is 0.00542. The Bertz CT molecular complexity index is 1880. The highest BCUT2D eigenvalue weighted by Crippen LogP contribution is 2.41. The van der Waals surface area contributed by atoms with Gasteiger partial charge in [-0.3, -0.25) is 4.79 Å². The molecule has 1 saturated carbocycles. The molecule has 9 nitrogen and oxygen atoms in total. The summed E-state index contributed by atoms with van der Waals surface area (Å²) in [5.74, 6) is -1.46. The number of amides is 2. The molecule has 1 heterocycles. The van der Waals surface area contributed by atoms with Crippen LogP contribution in [-0.4, -0.2) is 61.6 Å². The maximum absolute atomic E-state index is 14.7. The van der Waals surface area contributed by atoms with Crippen molar-refractivity contribution < 1.29 is 36.6 Å². The first-order valence-electron chi connectivity index (χ1n) is 13.9. The fourth-order valence-electron chi connectivity index (χ4n) is 5.75. The number of thiophene rings is 1. The quantitative estimate of drug-likeness (QED) is 0.213. The lowest BCUT2D eigenvalue weighted by atomic mass is 9.89. The first kappa shape index (κ1) is 32.6. The van der Waals surface area contributed by atoms with Crippen LogP contribution in [0.5, 0.6) is 5.75 Å². The van der Waals surface area contributed by atoms with Crippen LogP contribution in [0.15, 0.2) is 59.5 Å². The van der Waals surface area contributed by atoms with Gasteiger partial charge in [0.05, 0.1) is 27.1 Å². The molecule has 0 saturated heterocycles. The molecular formula is C31H30ClF2N3O6S2. The maximum Gasteiger partial charge on any atom is 0.407 e. The number of benzene rings is 3. The van der Waals surface area contributed by atoms with Gasteiger partial charge in [0.2, 0.25) is 10.0 Å². The largest absolute Gasteiger partial charge is 0.496 e. The monoisotopic (exact) mass is 677 g/mol. The second kappa shape index (κ2) is 12.9. The predicted molar refractivity (Wildman–Crippen MR) is 168 cm³/mol. The van der Waals surface area contributed by atoms with Crippen LogP contribution in [0.3, 0.4) is 0 Å². The van der Waals surface area contributed by atoms with E-state index in [0.29, 0.717) is 42.6 Å². The molecule has 1 aliphatic rings. The van der Waals surface area contributed by atoms with Gasteiger partial charge < -0.3 is 19.6 Å². The van der Waals surface area contributed by atoms with E-state index in [4.69, 9.17) is 21.5 Å². The molecule has 14 heteroatoms. The number of carbonyl (C=O) groups excluding carboxylic acids is 1. The molecule has 2 amide bonds. The molecule has 4 aromatic rings. The zero-order chi connectivity index (χ0) is 32.6. The van der Waals surface area contributed by atoms with Gasteiger partial charge >= 0.3 is 6.09 Å². The van der Waals surface area contributed by atoms with E-state index in [-0.39, 0.29) is 43.5 Å². The van der Waals surface area contributed by atoms with Crippen molar-refractivity contribution in [3.63, 3.8) is 0 Å². The SMILES string of the molecule is COc1ccc(-c2ccc(S(N)(=O)=O)cc2)cc1CN(C(=O)c1sc2c(F)ccc(F)c2c1Cl)C1CCC(N(C)C(=O)O)CC1. The van der Waals surface area contributed by atoms with Crippen LogP contribution in [0.4, 0.5) is 13.6 Å². The fraction of sp³-hybridized carbons (Fsp3) is 0.290. The highest BCUT2D eigenvalue weighted by Gasteiger charge is 2.35. The van der Waals surface area contributed by atoms with Crippen molar-refractivity contribution in [1.29, 1.82) is 0 Å². The molecule has 1 aliphatic carbocycles.